The molecule has 0 amide bonds. The van der Waals surface area contributed by atoms with E-state index in [9.17, 15) is 0 Å². The minimum atomic E-state index is 0.712. The zero-order valence-electron chi connectivity index (χ0n) is 9.65. The van der Waals surface area contributed by atoms with Crippen LogP contribution in [0.1, 0.15) is 5.56 Å². The van der Waals surface area contributed by atoms with Crippen LogP contribution in [0.15, 0.2) is 53.8 Å². The second kappa shape index (κ2) is 4.70. The number of hydrogen-bond donors (Lipinski definition) is 1. The molecule has 0 fully saturated rings. The van der Waals surface area contributed by atoms with Gasteiger partial charge in [-0.3, -0.25) is 4.40 Å². The summed E-state index contributed by atoms with van der Waals surface area (Å²) in [4.78, 5) is 0. The largest absolute Gasteiger partial charge is 0.398 e. The first-order valence-corrected chi connectivity index (χ1v) is 6.58. The Kier molecular flexibility index (Phi) is 2.90. The molecule has 18 heavy (non-hydrogen) atoms. The molecule has 2 aromatic heterocycles. The summed E-state index contributed by atoms with van der Waals surface area (Å²) in [5.41, 5.74) is 8.57. The monoisotopic (exact) mass is 256 g/mol. The Morgan fingerprint density at radius 1 is 1.06 bits per heavy atom. The molecular formula is C13H12N4S. The van der Waals surface area contributed by atoms with E-state index < -0.39 is 0 Å². The maximum atomic E-state index is 5.77. The maximum Gasteiger partial charge on any atom is 0.195 e. The topological polar surface area (TPSA) is 56.2 Å². The third-order valence-corrected chi connectivity index (χ3v) is 3.62. The van der Waals surface area contributed by atoms with Crippen molar-refractivity contribution in [1.29, 1.82) is 0 Å². The van der Waals surface area contributed by atoms with Crippen molar-refractivity contribution in [3.8, 4) is 0 Å². The lowest BCUT2D eigenvalue weighted by atomic mass is 10.2. The Morgan fingerprint density at radius 3 is 2.72 bits per heavy atom. The van der Waals surface area contributed by atoms with E-state index in [2.05, 4.69) is 22.3 Å². The van der Waals surface area contributed by atoms with E-state index >= 15 is 0 Å². The third-order valence-electron chi connectivity index (χ3n) is 2.60. The highest BCUT2D eigenvalue weighted by Gasteiger charge is 2.06. The number of rotatable bonds is 3. The summed E-state index contributed by atoms with van der Waals surface area (Å²) in [6, 6.07) is 14.0. The fraction of sp³-hybridized carbons (Fsp3) is 0.0769. The van der Waals surface area contributed by atoms with Crippen LogP contribution in [0.5, 0.6) is 0 Å². The number of nitrogens with zero attached hydrogens (tertiary/aromatic N) is 3. The van der Waals surface area contributed by atoms with Gasteiger partial charge >= 0.3 is 0 Å². The van der Waals surface area contributed by atoms with Crippen LogP contribution in [0.3, 0.4) is 0 Å². The van der Waals surface area contributed by atoms with Crippen molar-refractivity contribution >= 4 is 23.1 Å². The summed E-state index contributed by atoms with van der Waals surface area (Å²) >= 11 is 1.65. The van der Waals surface area contributed by atoms with Gasteiger partial charge in [-0.1, -0.05) is 42.1 Å². The number of pyridine rings is 1. The molecule has 3 rings (SSSR count). The number of nitrogen functional groups attached to an aromatic ring is 1. The number of nitrogens with two attached hydrogens (primary N) is 1. The maximum absolute atomic E-state index is 5.77. The molecule has 0 aliphatic heterocycles. The molecule has 0 radical (unpaired) electrons. The van der Waals surface area contributed by atoms with Crippen LogP contribution < -0.4 is 5.73 Å². The average molecular weight is 256 g/mol. The lowest BCUT2D eigenvalue weighted by Gasteiger charge is -2.01. The van der Waals surface area contributed by atoms with Gasteiger partial charge in [0, 0.05) is 17.6 Å². The van der Waals surface area contributed by atoms with Gasteiger partial charge in [0.25, 0.3) is 0 Å². The van der Waals surface area contributed by atoms with Crippen LogP contribution in [-0.4, -0.2) is 14.6 Å². The van der Waals surface area contributed by atoms with Gasteiger partial charge in [-0.2, -0.15) is 0 Å². The summed E-state index contributed by atoms with van der Waals surface area (Å²) in [5.74, 6) is 0.871. The Labute approximate surface area is 109 Å². The summed E-state index contributed by atoms with van der Waals surface area (Å²) in [6.07, 6.45) is 1.85. The highest BCUT2D eigenvalue weighted by atomic mass is 32.2. The van der Waals surface area contributed by atoms with Crippen molar-refractivity contribution in [2.24, 2.45) is 0 Å². The number of anilines is 1. The number of aromatic nitrogens is 3. The number of benzene rings is 1. The summed E-state index contributed by atoms with van der Waals surface area (Å²) in [7, 11) is 0. The van der Waals surface area contributed by atoms with E-state index in [0.717, 1.165) is 16.6 Å². The molecule has 1 aromatic carbocycles. The molecule has 4 nitrogen and oxygen atoms in total. The van der Waals surface area contributed by atoms with Crippen LogP contribution >= 0.6 is 11.8 Å². The highest BCUT2D eigenvalue weighted by Crippen LogP contribution is 2.22. The highest BCUT2D eigenvalue weighted by molar-refractivity contribution is 7.98. The Bertz CT molecular complexity index is 663. The van der Waals surface area contributed by atoms with Gasteiger partial charge in [0.15, 0.2) is 10.8 Å². The first kappa shape index (κ1) is 11.1. The van der Waals surface area contributed by atoms with Gasteiger partial charge in [-0.15, -0.1) is 10.2 Å². The van der Waals surface area contributed by atoms with E-state index in [1.807, 2.05) is 40.9 Å². The van der Waals surface area contributed by atoms with Crippen LogP contribution in [-0.2, 0) is 5.75 Å². The average Bonchev–Trinajstić information content (AvgIpc) is 2.80. The minimum Gasteiger partial charge on any atom is -0.398 e. The first-order valence-electron chi connectivity index (χ1n) is 5.60. The molecule has 5 heteroatoms. The molecule has 90 valence electrons. The van der Waals surface area contributed by atoms with E-state index in [-0.39, 0.29) is 0 Å². The number of thioether (sulfide) groups is 1. The van der Waals surface area contributed by atoms with Gasteiger partial charge in [0.05, 0.1) is 0 Å². The second-order valence-corrected chi connectivity index (χ2v) is 4.89. The van der Waals surface area contributed by atoms with E-state index in [4.69, 9.17) is 5.73 Å². The molecule has 0 aliphatic rings. The molecule has 2 N–H and O–H groups in total. The zero-order chi connectivity index (χ0) is 12.4. The van der Waals surface area contributed by atoms with Crippen LogP contribution in [0, 0.1) is 0 Å². The number of hydrogen-bond acceptors (Lipinski definition) is 4. The molecule has 0 unspecified atom stereocenters. The molecule has 0 saturated carbocycles. The Hall–Kier alpha value is -2.01. The van der Waals surface area contributed by atoms with E-state index in [0.29, 0.717) is 5.69 Å². The second-order valence-electron chi connectivity index (χ2n) is 3.95. The summed E-state index contributed by atoms with van der Waals surface area (Å²) in [5, 5.41) is 9.14. The van der Waals surface area contributed by atoms with Crippen molar-refractivity contribution in [2.45, 2.75) is 10.9 Å². The molecule has 0 spiro atoms. The molecule has 0 atom stereocenters. The van der Waals surface area contributed by atoms with Crippen molar-refractivity contribution in [1.82, 2.24) is 14.6 Å². The molecule has 0 saturated heterocycles. The van der Waals surface area contributed by atoms with Crippen LogP contribution in [0.25, 0.3) is 5.65 Å². The molecule has 0 aliphatic carbocycles. The smallest absolute Gasteiger partial charge is 0.195 e. The van der Waals surface area contributed by atoms with Crippen LogP contribution in [0.2, 0.25) is 0 Å². The normalized spacial score (nSPS) is 10.9. The SMILES string of the molecule is Nc1ccc2nnc(SCc3ccccc3)n2c1. The lowest BCUT2D eigenvalue weighted by Crippen LogP contribution is -1.92. The number of fused-ring (bicyclic) bond motifs is 1. The third kappa shape index (κ3) is 2.17. The van der Waals surface area contributed by atoms with Crippen LogP contribution in [0.4, 0.5) is 5.69 Å². The van der Waals surface area contributed by atoms with E-state index in [1.165, 1.54) is 5.56 Å². The fourth-order valence-corrected chi connectivity index (χ4v) is 2.58. The minimum absolute atomic E-state index is 0.712. The fourth-order valence-electron chi connectivity index (χ4n) is 1.71. The van der Waals surface area contributed by atoms with Gasteiger partial charge in [0.1, 0.15) is 0 Å². The van der Waals surface area contributed by atoms with Crippen molar-refractivity contribution < 1.29 is 0 Å². The van der Waals surface area contributed by atoms with Gasteiger partial charge in [0.2, 0.25) is 0 Å². The van der Waals surface area contributed by atoms with Gasteiger partial charge < -0.3 is 5.73 Å². The predicted molar refractivity (Wildman–Crippen MR) is 73.4 cm³/mol. The Balaban J connectivity index is 1.85. The van der Waals surface area contributed by atoms with Crippen molar-refractivity contribution in [3.05, 3.63) is 54.2 Å². The molecular weight excluding hydrogens is 244 g/mol. The quantitative estimate of drug-likeness (QED) is 0.732. The van der Waals surface area contributed by atoms with Gasteiger partial charge in [-0.25, -0.2) is 0 Å². The molecule has 2 heterocycles. The molecule has 3 aromatic rings. The van der Waals surface area contributed by atoms with Crippen molar-refractivity contribution in [3.63, 3.8) is 0 Å². The standard InChI is InChI=1S/C13H12N4S/c14-11-6-7-12-15-16-13(17(12)8-11)18-9-10-4-2-1-3-5-10/h1-8H,9,14H2. The van der Waals surface area contributed by atoms with E-state index in [1.54, 1.807) is 11.8 Å². The van der Waals surface area contributed by atoms with Gasteiger partial charge in [-0.05, 0) is 17.7 Å². The first-order chi connectivity index (χ1) is 8.83. The molecule has 0 bridgehead atoms. The predicted octanol–water partition coefficient (Wildman–Crippen LogP) is 2.60. The Morgan fingerprint density at radius 2 is 1.89 bits per heavy atom. The lowest BCUT2D eigenvalue weighted by molar-refractivity contribution is 0.922. The summed E-state index contributed by atoms with van der Waals surface area (Å²) < 4.78 is 1.92. The summed E-state index contributed by atoms with van der Waals surface area (Å²) in [6.45, 7) is 0. The van der Waals surface area contributed by atoms with Crippen molar-refractivity contribution in [2.75, 3.05) is 5.73 Å². The zero-order valence-corrected chi connectivity index (χ0v) is 10.5.